The third-order valence-corrected chi connectivity index (χ3v) is 3.88. The monoisotopic (exact) mass is 362 g/mol. The first-order chi connectivity index (χ1) is 10.5. The summed E-state index contributed by atoms with van der Waals surface area (Å²) in [6.07, 6.45) is 3.03. The van der Waals surface area contributed by atoms with Gasteiger partial charge >= 0.3 is 0 Å². The van der Waals surface area contributed by atoms with Crippen LogP contribution in [-0.2, 0) is 0 Å². The quantitative estimate of drug-likeness (QED) is 0.851. The predicted octanol–water partition coefficient (Wildman–Crippen LogP) is 3.68. The van der Waals surface area contributed by atoms with Crippen LogP contribution in [0, 0.1) is 12.8 Å². The second-order valence-electron chi connectivity index (χ2n) is 5.48. The fraction of sp³-hybridized carbons (Fsp3) is 0.312. The van der Waals surface area contributed by atoms with Crippen molar-refractivity contribution < 1.29 is 4.79 Å². The van der Waals surface area contributed by atoms with Gasteiger partial charge in [-0.05, 0) is 36.6 Å². The minimum atomic E-state index is -0.202. The highest BCUT2D eigenvalue weighted by Crippen LogP contribution is 2.21. The zero-order valence-electron chi connectivity index (χ0n) is 12.9. The average molecular weight is 363 g/mol. The van der Waals surface area contributed by atoms with E-state index >= 15 is 0 Å². The molecule has 0 saturated carbocycles. The lowest BCUT2D eigenvalue weighted by Crippen LogP contribution is -2.28. The maximum Gasteiger partial charge on any atom is 0.271 e. The van der Waals surface area contributed by atoms with Crippen LogP contribution < -0.4 is 10.6 Å². The fourth-order valence-electron chi connectivity index (χ4n) is 1.77. The van der Waals surface area contributed by atoms with Gasteiger partial charge in [0.1, 0.15) is 11.5 Å². The number of aromatic nitrogens is 2. The van der Waals surface area contributed by atoms with Gasteiger partial charge in [0.15, 0.2) is 0 Å². The summed E-state index contributed by atoms with van der Waals surface area (Å²) < 4.78 is 1.06. The summed E-state index contributed by atoms with van der Waals surface area (Å²) in [5, 5.41) is 5.98. The van der Waals surface area contributed by atoms with Crippen molar-refractivity contribution in [1.82, 2.24) is 15.3 Å². The van der Waals surface area contributed by atoms with Crippen LogP contribution in [0.1, 0.15) is 29.9 Å². The maximum atomic E-state index is 11.9. The van der Waals surface area contributed by atoms with Crippen molar-refractivity contribution in [2.24, 2.45) is 5.92 Å². The van der Waals surface area contributed by atoms with Crippen LogP contribution in [0.5, 0.6) is 0 Å². The van der Waals surface area contributed by atoms with Crippen molar-refractivity contribution in [3.05, 3.63) is 46.3 Å². The number of halogens is 1. The molecule has 116 valence electrons. The number of hydrogen-bond acceptors (Lipinski definition) is 4. The number of nitrogens with zero attached hydrogens (tertiary/aromatic N) is 2. The lowest BCUT2D eigenvalue weighted by molar-refractivity contribution is 0.0943. The van der Waals surface area contributed by atoms with E-state index in [0.717, 1.165) is 15.7 Å². The van der Waals surface area contributed by atoms with Gasteiger partial charge in [-0.1, -0.05) is 29.8 Å². The van der Waals surface area contributed by atoms with E-state index in [1.54, 1.807) is 6.20 Å². The van der Waals surface area contributed by atoms with Gasteiger partial charge in [-0.3, -0.25) is 4.79 Å². The summed E-state index contributed by atoms with van der Waals surface area (Å²) in [5.41, 5.74) is 2.37. The molecule has 1 aromatic carbocycles. The molecule has 2 rings (SSSR count). The molecule has 0 fully saturated rings. The van der Waals surface area contributed by atoms with Crippen LogP contribution in [0.2, 0.25) is 0 Å². The van der Waals surface area contributed by atoms with Crippen molar-refractivity contribution in [3.63, 3.8) is 0 Å². The number of rotatable bonds is 5. The zero-order valence-corrected chi connectivity index (χ0v) is 14.4. The van der Waals surface area contributed by atoms with Crippen molar-refractivity contribution in [2.45, 2.75) is 20.8 Å². The van der Waals surface area contributed by atoms with Gasteiger partial charge in [0, 0.05) is 16.7 Å². The molecule has 5 nitrogen and oxygen atoms in total. The molecular weight excluding hydrogens is 344 g/mol. The Labute approximate surface area is 138 Å². The number of carbonyl (C=O) groups excluding carboxylic acids is 1. The minimum absolute atomic E-state index is 0.202. The molecule has 0 spiro atoms. The predicted molar refractivity (Wildman–Crippen MR) is 91.4 cm³/mol. The number of hydrogen-bond donors (Lipinski definition) is 2. The molecule has 0 aliphatic carbocycles. The molecular formula is C16H19BrN4O. The lowest BCUT2D eigenvalue weighted by Gasteiger charge is -2.09. The summed E-state index contributed by atoms with van der Waals surface area (Å²) in [6.45, 7) is 6.72. The average Bonchev–Trinajstić information content (AvgIpc) is 2.49. The summed E-state index contributed by atoms with van der Waals surface area (Å²) in [5.74, 6) is 0.799. The topological polar surface area (TPSA) is 66.9 Å². The second-order valence-corrected chi connectivity index (χ2v) is 6.33. The van der Waals surface area contributed by atoms with Crippen LogP contribution >= 0.6 is 15.9 Å². The SMILES string of the molecule is Cc1cc(Nc2cnc(C(=O)NCC(C)C)cn2)ccc1Br. The smallest absolute Gasteiger partial charge is 0.271 e. The largest absolute Gasteiger partial charge is 0.350 e. The molecule has 0 atom stereocenters. The first-order valence-electron chi connectivity index (χ1n) is 7.09. The molecule has 1 amide bonds. The summed E-state index contributed by atoms with van der Waals surface area (Å²) in [6, 6.07) is 5.93. The lowest BCUT2D eigenvalue weighted by atomic mass is 10.2. The molecule has 6 heteroatoms. The molecule has 0 saturated heterocycles. The van der Waals surface area contributed by atoms with Crippen LogP contribution in [0.15, 0.2) is 35.1 Å². The summed E-state index contributed by atoms with van der Waals surface area (Å²) >= 11 is 3.46. The van der Waals surface area contributed by atoms with Gasteiger partial charge in [0.05, 0.1) is 12.4 Å². The van der Waals surface area contributed by atoms with Crippen LogP contribution in [-0.4, -0.2) is 22.4 Å². The molecule has 2 N–H and O–H groups in total. The number of anilines is 2. The summed E-state index contributed by atoms with van der Waals surface area (Å²) in [4.78, 5) is 20.2. The molecule has 0 radical (unpaired) electrons. The van der Waals surface area contributed by atoms with Crippen LogP contribution in [0.25, 0.3) is 0 Å². The standard InChI is InChI=1S/C16H19BrN4O/c1-10(2)7-20-16(22)14-8-19-15(9-18-14)21-12-4-5-13(17)11(3)6-12/h4-6,8-10H,7H2,1-3H3,(H,19,21)(H,20,22). The third kappa shape index (κ3) is 4.53. The number of amides is 1. The zero-order chi connectivity index (χ0) is 16.1. The van der Waals surface area contributed by atoms with E-state index in [1.165, 1.54) is 6.20 Å². The van der Waals surface area contributed by atoms with Gasteiger partial charge in [0.2, 0.25) is 0 Å². The number of carbonyl (C=O) groups is 1. The Bertz CT molecular complexity index is 656. The van der Waals surface area contributed by atoms with Gasteiger partial charge in [-0.2, -0.15) is 0 Å². The highest BCUT2D eigenvalue weighted by atomic mass is 79.9. The Balaban J connectivity index is 2.02. The number of nitrogens with one attached hydrogen (secondary N) is 2. The van der Waals surface area contributed by atoms with E-state index in [9.17, 15) is 4.79 Å². The normalized spacial score (nSPS) is 10.6. The van der Waals surface area contributed by atoms with Crippen LogP contribution in [0.3, 0.4) is 0 Å². The van der Waals surface area contributed by atoms with E-state index in [-0.39, 0.29) is 5.91 Å². The second kappa shape index (κ2) is 7.35. The Morgan fingerprint density at radius 2 is 2.05 bits per heavy atom. The molecule has 22 heavy (non-hydrogen) atoms. The molecule has 0 unspecified atom stereocenters. The highest BCUT2D eigenvalue weighted by Gasteiger charge is 2.08. The van der Waals surface area contributed by atoms with E-state index < -0.39 is 0 Å². The number of aryl methyl sites for hydroxylation is 1. The molecule has 0 bridgehead atoms. The van der Waals surface area contributed by atoms with Gasteiger partial charge in [-0.15, -0.1) is 0 Å². The third-order valence-electron chi connectivity index (χ3n) is 2.99. The minimum Gasteiger partial charge on any atom is -0.350 e. The van der Waals surface area contributed by atoms with Crippen LogP contribution in [0.4, 0.5) is 11.5 Å². The van der Waals surface area contributed by atoms with Crippen molar-refractivity contribution in [1.29, 1.82) is 0 Å². The van der Waals surface area contributed by atoms with Crippen molar-refractivity contribution in [3.8, 4) is 0 Å². The Morgan fingerprint density at radius 3 is 2.64 bits per heavy atom. The molecule has 1 heterocycles. The van der Waals surface area contributed by atoms with E-state index in [4.69, 9.17) is 0 Å². The molecule has 0 aliphatic rings. The Morgan fingerprint density at radius 1 is 1.27 bits per heavy atom. The summed E-state index contributed by atoms with van der Waals surface area (Å²) in [7, 11) is 0. The Kier molecular flexibility index (Phi) is 5.49. The molecule has 1 aromatic heterocycles. The molecule has 2 aromatic rings. The Hall–Kier alpha value is -1.95. The van der Waals surface area contributed by atoms with Gasteiger partial charge in [0.25, 0.3) is 5.91 Å². The molecule has 0 aliphatic heterocycles. The maximum absolute atomic E-state index is 11.9. The fourth-order valence-corrected chi connectivity index (χ4v) is 2.01. The highest BCUT2D eigenvalue weighted by molar-refractivity contribution is 9.10. The first-order valence-corrected chi connectivity index (χ1v) is 7.88. The van der Waals surface area contributed by atoms with Crippen molar-refractivity contribution in [2.75, 3.05) is 11.9 Å². The first kappa shape index (κ1) is 16.4. The van der Waals surface area contributed by atoms with E-state index in [0.29, 0.717) is 24.0 Å². The van der Waals surface area contributed by atoms with Gasteiger partial charge in [-0.25, -0.2) is 9.97 Å². The van der Waals surface area contributed by atoms with Crippen molar-refractivity contribution >= 4 is 33.3 Å². The van der Waals surface area contributed by atoms with Gasteiger partial charge < -0.3 is 10.6 Å². The van der Waals surface area contributed by atoms with E-state index in [2.05, 4.69) is 36.5 Å². The number of benzene rings is 1. The van der Waals surface area contributed by atoms with E-state index in [1.807, 2.05) is 39.0 Å².